The smallest absolute Gasteiger partial charge is 0.266 e. The van der Waals surface area contributed by atoms with Gasteiger partial charge < -0.3 is 10.2 Å². The molecule has 5 fully saturated rings. The third kappa shape index (κ3) is 4.06. The molecular formula is C27H29ClN2O2S2. The average Bonchev–Trinajstić information content (AvgIpc) is 3.33. The molecule has 0 unspecified atom stereocenters. The minimum atomic E-state index is 0.0571. The number of nitrogens with two attached hydrogens (primary N) is 1. The molecule has 2 aromatic rings. The van der Waals surface area contributed by atoms with Crippen molar-refractivity contribution in [2.75, 3.05) is 6.54 Å². The zero-order chi connectivity index (χ0) is 23.4. The third-order valence-corrected chi connectivity index (χ3v) is 9.76. The minimum Gasteiger partial charge on any atom is -0.456 e. The second-order valence-corrected chi connectivity index (χ2v) is 12.5. The zero-order valence-corrected chi connectivity index (χ0v) is 21.4. The second-order valence-electron chi connectivity index (χ2n) is 10.4. The Morgan fingerprint density at radius 1 is 1.12 bits per heavy atom. The van der Waals surface area contributed by atoms with Gasteiger partial charge in [-0.1, -0.05) is 35.6 Å². The highest BCUT2D eigenvalue weighted by Crippen LogP contribution is 2.56. The van der Waals surface area contributed by atoms with Gasteiger partial charge in [-0.05, 0) is 111 Å². The molecule has 1 saturated heterocycles. The van der Waals surface area contributed by atoms with Crippen molar-refractivity contribution in [2.24, 2.45) is 29.4 Å². The topological polar surface area (TPSA) is 59.5 Å². The highest BCUT2D eigenvalue weighted by Gasteiger charge is 2.53. The van der Waals surface area contributed by atoms with Gasteiger partial charge in [-0.2, -0.15) is 0 Å². The van der Waals surface area contributed by atoms with E-state index >= 15 is 0 Å². The van der Waals surface area contributed by atoms with Crippen LogP contribution in [0.25, 0.3) is 17.4 Å². The summed E-state index contributed by atoms with van der Waals surface area (Å²) in [4.78, 5) is 16.3. The largest absolute Gasteiger partial charge is 0.456 e. The van der Waals surface area contributed by atoms with Crippen LogP contribution in [0.4, 0.5) is 0 Å². The molecule has 1 aromatic carbocycles. The summed E-state index contributed by atoms with van der Waals surface area (Å²) < 4.78 is 6.98. The molecule has 0 atom stereocenters. The van der Waals surface area contributed by atoms with Gasteiger partial charge >= 0.3 is 0 Å². The van der Waals surface area contributed by atoms with E-state index < -0.39 is 0 Å². The number of benzene rings is 1. The fourth-order valence-electron chi connectivity index (χ4n) is 6.98. The van der Waals surface area contributed by atoms with Crippen molar-refractivity contribution in [3.8, 4) is 11.3 Å². The first-order valence-corrected chi connectivity index (χ1v) is 14.0. The molecule has 4 aliphatic carbocycles. The number of nitrogens with zero attached hydrogens (tertiary/aromatic N) is 1. The molecule has 1 aromatic heterocycles. The molecule has 2 heterocycles. The Bertz CT molecular complexity index is 1130. The van der Waals surface area contributed by atoms with Crippen LogP contribution >= 0.6 is 35.6 Å². The maximum atomic E-state index is 13.7. The fourth-order valence-corrected chi connectivity index (χ4v) is 8.43. The number of hydrogen-bond acceptors (Lipinski definition) is 5. The predicted molar refractivity (Wildman–Crippen MR) is 142 cm³/mol. The van der Waals surface area contributed by atoms with Gasteiger partial charge in [-0.15, -0.1) is 0 Å². The van der Waals surface area contributed by atoms with Gasteiger partial charge in [0.25, 0.3) is 5.91 Å². The number of carbonyl (C=O) groups is 1. The SMILES string of the molecule is NCCCc1cc(-c2ccc(Cl)cc2)oc1/C=C1\SC(=S)N(C2C3CC4CC(C3)CC2C4)C1=O. The highest BCUT2D eigenvalue weighted by molar-refractivity contribution is 8.26. The number of carbonyl (C=O) groups excluding carboxylic acids is 1. The molecule has 1 amide bonds. The predicted octanol–water partition coefficient (Wildman–Crippen LogP) is 6.52. The van der Waals surface area contributed by atoms with Crippen molar-refractivity contribution in [2.45, 2.75) is 51.0 Å². The van der Waals surface area contributed by atoms with Gasteiger partial charge in [0.15, 0.2) is 0 Å². The Labute approximate surface area is 215 Å². The Hall–Kier alpha value is -1.60. The molecule has 0 radical (unpaired) electrons. The minimum absolute atomic E-state index is 0.0571. The molecule has 178 valence electrons. The van der Waals surface area contributed by atoms with E-state index in [1.165, 1.54) is 43.9 Å². The van der Waals surface area contributed by atoms with E-state index in [1.807, 2.05) is 35.2 Å². The molecule has 5 aliphatic rings. The normalized spacial score (nSPS) is 31.3. The first kappa shape index (κ1) is 22.8. The van der Waals surface area contributed by atoms with Crippen LogP contribution in [0.1, 0.15) is 49.8 Å². The summed E-state index contributed by atoms with van der Waals surface area (Å²) in [5.41, 5.74) is 7.80. The van der Waals surface area contributed by atoms with E-state index in [9.17, 15) is 4.79 Å². The van der Waals surface area contributed by atoms with Crippen LogP contribution in [0.2, 0.25) is 5.02 Å². The number of furan rings is 1. The summed E-state index contributed by atoms with van der Waals surface area (Å²) >= 11 is 13.3. The molecule has 0 spiro atoms. The van der Waals surface area contributed by atoms with Crippen molar-refractivity contribution < 1.29 is 9.21 Å². The lowest BCUT2D eigenvalue weighted by Crippen LogP contribution is -2.57. The van der Waals surface area contributed by atoms with E-state index in [0.717, 1.165) is 47.3 Å². The summed E-state index contributed by atoms with van der Waals surface area (Å²) in [5, 5.41) is 0.687. The number of rotatable bonds is 6. The number of aryl methyl sites for hydroxylation is 1. The van der Waals surface area contributed by atoms with Crippen LogP contribution in [0.15, 0.2) is 39.7 Å². The van der Waals surface area contributed by atoms with Crippen LogP contribution in [0.5, 0.6) is 0 Å². The summed E-state index contributed by atoms with van der Waals surface area (Å²) in [5.74, 6) is 4.51. The lowest BCUT2D eigenvalue weighted by atomic mass is 9.54. The van der Waals surface area contributed by atoms with Crippen LogP contribution < -0.4 is 5.73 Å². The van der Waals surface area contributed by atoms with E-state index in [4.69, 9.17) is 34.0 Å². The van der Waals surface area contributed by atoms with E-state index in [-0.39, 0.29) is 11.9 Å². The number of amides is 1. The zero-order valence-electron chi connectivity index (χ0n) is 19.0. The monoisotopic (exact) mass is 512 g/mol. The molecule has 1 aliphatic heterocycles. The Morgan fingerprint density at radius 3 is 2.44 bits per heavy atom. The average molecular weight is 513 g/mol. The highest BCUT2D eigenvalue weighted by atomic mass is 35.5. The van der Waals surface area contributed by atoms with Gasteiger partial charge in [0.05, 0.1) is 4.91 Å². The molecule has 4 nitrogen and oxygen atoms in total. The van der Waals surface area contributed by atoms with Gasteiger partial charge in [-0.3, -0.25) is 9.69 Å². The van der Waals surface area contributed by atoms with Crippen LogP contribution in [-0.4, -0.2) is 27.7 Å². The maximum Gasteiger partial charge on any atom is 0.266 e. The summed E-state index contributed by atoms with van der Waals surface area (Å²) in [6, 6.07) is 9.95. The van der Waals surface area contributed by atoms with Crippen molar-refractivity contribution in [1.29, 1.82) is 0 Å². The number of hydrogen-bond donors (Lipinski definition) is 1. The lowest BCUT2D eigenvalue weighted by Gasteiger charge is -2.56. The summed E-state index contributed by atoms with van der Waals surface area (Å²) in [6.45, 7) is 0.607. The standard InChI is InChI=1S/C27H29ClN2O2S2/c28-21-5-3-17(4-6-21)22-13-18(2-1-7-29)23(32-22)14-24-26(31)30(27(33)34-24)25-19-9-15-8-16(11-19)12-20(25)10-15/h3-6,13-16,19-20,25H,1-2,7-12,29H2/b24-14-. The molecule has 4 bridgehead atoms. The summed E-state index contributed by atoms with van der Waals surface area (Å²) in [6.07, 6.45) is 10.0. The van der Waals surface area contributed by atoms with Crippen LogP contribution in [0, 0.1) is 23.7 Å². The Balaban J connectivity index is 1.30. The number of halogens is 1. The van der Waals surface area contributed by atoms with Crippen LogP contribution in [-0.2, 0) is 11.2 Å². The Kier molecular flexibility index (Phi) is 6.13. The van der Waals surface area contributed by atoms with Crippen molar-refractivity contribution in [3.05, 3.63) is 51.6 Å². The molecule has 7 heteroatoms. The van der Waals surface area contributed by atoms with Crippen LogP contribution in [0.3, 0.4) is 0 Å². The fraction of sp³-hybridized carbons (Fsp3) is 0.481. The van der Waals surface area contributed by atoms with Crippen molar-refractivity contribution >= 4 is 51.9 Å². The summed E-state index contributed by atoms with van der Waals surface area (Å²) in [7, 11) is 0. The molecule has 4 saturated carbocycles. The van der Waals surface area contributed by atoms with Crippen molar-refractivity contribution in [1.82, 2.24) is 4.90 Å². The third-order valence-electron chi connectivity index (χ3n) is 8.18. The van der Waals surface area contributed by atoms with Crippen molar-refractivity contribution in [3.63, 3.8) is 0 Å². The lowest BCUT2D eigenvalue weighted by molar-refractivity contribution is -0.130. The quantitative estimate of drug-likeness (QED) is 0.353. The number of thiocarbonyl (C=S) groups is 1. The molecule has 34 heavy (non-hydrogen) atoms. The Morgan fingerprint density at radius 2 is 1.79 bits per heavy atom. The van der Waals surface area contributed by atoms with Gasteiger partial charge in [0.2, 0.25) is 0 Å². The molecule has 7 rings (SSSR count). The first-order chi connectivity index (χ1) is 16.5. The van der Waals surface area contributed by atoms with E-state index in [0.29, 0.717) is 32.6 Å². The molecular weight excluding hydrogens is 484 g/mol. The molecule has 2 N–H and O–H groups in total. The first-order valence-electron chi connectivity index (χ1n) is 12.4. The number of thioether (sulfide) groups is 1. The maximum absolute atomic E-state index is 13.7. The van der Waals surface area contributed by atoms with Gasteiger partial charge in [-0.25, -0.2) is 0 Å². The van der Waals surface area contributed by atoms with E-state index in [2.05, 4.69) is 6.07 Å². The van der Waals surface area contributed by atoms with Gasteiger partial charge in [0, 0.05) is 22.7 Å². The van der Waals surface area contributed by atoms with E-state index in [1.54, 1.807) is 0 Å². The van der Waals surface area contributed by atoms with Gasteiger partial charge in [0.1, 0.15) is 15.8 Å². The second kappa shape index (κ2) is 9.12.